The van der Waals surface area contributed by atoms with Gasteiger partial charge in [-0.1, -0.05) is 42.5 Å². The van der Waals surface area contributed by atoms with Crippen molar-refractivity contribution in [2.75, 3.05) is 0 Å². The van der Waals surface area contributed by atoms with Gasteiger partial charge in [-0.2, -0.15) is 0 Å². The average molecular weight is 299 g/mol. The lowest BCUT2D eigenvalue weighted by Crippen LogP contribution is -1.81. The first-order valence-corrected chi connectivity index (χ1v) is 8.22. The van der Waals surface area contributed by atoms with E-state index in [1.165, 1.54) is 41.9 Å². The molecule has 3 aromatic carbocycles. The Labute approximate surface area is 131 Å². The lowest BCUT2D eigenvalue weighted by Gasteiger charge is -2.03. The molecule has 0 radical (unpaired) electrons. The van der Waals surface area contributed by atoms with Crippen LogP contribution in [-0.2, 0) is 0 Å². The molecule has 0 saturated carbocycles. The van der Waals surface area contributed by atoms with E-state index in [0.29, 0.717) is 0 Å². The largest absolute Gasteiger partial charge is 0.255 e. The molecule has 0 spiro atoms. The smallest absolute Gasteiger partial charge is 0.0711 e. The molecule has 0 atom stereocenters. The third kappa shape index (κ3) is 1.56. The Hall–Kier alpha value is -2.45. The van der Waals surface area contributed by atoms with Gasteiger partial charge in [0.05, 0.1) is 10.2 Å². The third-order valence-electron chi connectivity index (χ3n) is 4.35. The quantitative estimate of drug-likeness (QED) is 0.338. The summed E-state index contributed by atoms with van der Waals surface area (Å²) in [6.07, 6.45) is 2.02. The molecule has 0 unspecified atom stereocenters. The Morgan fingerprint density at radius 1 is 0.818 bits per heavy atom. The van der Waals surface area contributed by atoms with Gasteiger partial charge in [0.25, 0.3) is 0 Å². The number of aryl methyl sites for hydroxylation is 1. The van der Waals surface area contributed by atoms with Crippen LogP contribution in [0, 0.1) is 6.92 Å². The molecule has 0 bridgehead atoms. The SMILES string of the molecule is Cc1ccc2c(c1)ncc1sc3ccc4ccccc4c3c12. The van der Waals surface area contributed by atoms with Crippen molar-refractivity contribution in [1.29, 1.82) is 0 Å². The summed E-state index contributed by atoms with van der Waals surface area (Å²) in [5, 5.41) is 6.60. The zero-order valence-corrected chi connectivity index (χ0v) is 12.9. The van der Waals surface area contributed by atoms with Crippen LogP contribution in [0.2, 0.25) is 0 Å². The molecule has 5 rings (SSSR count). The van der Waals surface area contributed by atoms with E-state index in [1.807, 2.05) is 17.5 Å². The van der Waals surface area contributed by atoms with Crippen molar-refractivity contribution in [1.82, 2.24) is 4.98 Å². The van der Waals surface area contributed by atoms with E-state index in [-0.39, 0.29) is 0 Å². The van der Waals surface area contributed by atoms with E-state index in [1.54, 1.807) is 0 Å². The van der Waals surface area contributed by atoms with E-state index >= 15 is 0 Å². The second kappa shape index (κ2) is 4.28. The summed E-state index contributed by atoms with van der Waals surface area (Å²) in [7, 11) is 0. The molecule has 2 aromatic heterocycles. The molecule has 0 saturated heterocycles. The van der Waals surface area contributed by atoms with Gasteiger partial charge in [0.15, 0.2) is 0 Å². The molecule has 0 fully saturated rings. The normalized spacial score (nSPS) is 11.9. The van der Waals surface area contributed by atoms with Crippen molar-refractivity contribution < 1.29 is 0 Å². The van der Waals surface area contributed by atoms with Crippen molar-refractivity contribution in [2.45, 2.75) is 6.92 Å². The topological polar surface area (TPSA) is 12.9 Å². The van der Waals surface area contributed by atoms with Crippen LogP contribution in [0.4, 0.5) is 0 Å². The number of pyridine rings is 1. The monoisotopic (exact) mass is 299 g/mol. The summed E-state index contributed by atoms with van der Waals surface area (Å²) in [4.78, 5) is 4.66. The minimum atomic E-state index is 1.08. The Kier molecular flexibility index (Phi) is 2.36. The van der Waals surface area contributed by atoms with Gasteiger partial charge in [-0.3, -0.25) is 4.98 Å². The van der Waals surface area contributed by atoms with Gasteiger partial charge in [-0.15, -0.1) is 11.3 Å². The fraction of sp³-hybridized carbons (Fsp3) is 0.0500. The van der Waals surface area contributed by atoms with Crippen molar-refractivity contribution in [2.24, 2.45) is 0 Å². The Balaban J connectivity index is 2.13. The molecule has 2 heterocycles. The maximum absolute atomic E-state index is 4.66. The first kappa shape index (κ1) is 12.1. The number of rotatable bonds is 0. The second-order valence-corrected chi connectivity index (χ2v) is 6.86. The highest BCUT2D eigenvalue weighted by molar-refractivity contribution is 7.26. The van der Waals surface area contributed by atoms with Crippen LogP contribution in [0.15, 0.2) is 60.8 Å². The van der Waals surface area contributed by atoms with Gasteiger partial charge in [-0.25, -0.2) is 0 Å². The van der Waals surface area contributed by atoms with Crippen LogP contribution in [0.3, 0.4) is 0 Å². The highest BCUT2D eigenvalue weighted by Gasteiger charge is 2.12. The number of nitrogens with zero attached hydrogens (tertiary/aromatic N) is 1. The molecule has 2 heteroatoms. The predicted molar refractivity (Wildman–Crippen MR) is 96.9 cm³/mol. The van der Waals surface area contributed by atoms with Gasteiger partial charge in [0, 0.05) is 27.1 Å². The number of fused-ring (bicyclic) bond motifs is 7. The molecule has 0 N–H and O–H groups in total. The molecule has 0 aliphatic heterocycles. The summed E-state index contributed by atoms with van der Waals surface area (Å²) in [6, 6.07) is 19.7. The molecule has 104 valence electrons. The summed E-state index contributed by atoms with van der Waals surface area (Å²) < 4.78 is 2.60. The zero-order valence-electron chi connectivity index (χ0n) is 12.1. The number of thiophene rings is 1. The van der Waals surface area contributed by atoms with Crippen LogP contribution < -0.4 is 0 Å². The molecular formula is C20H13NS. The van der Waals surface area contributed by atoms with Crippen LogP contribution in [0.25, 0.3) is 41.8 Å². The van der Waals surface area contributed by atoms with E-state index < -0.39 is 0 Å². The second-order valence-electron chi connectivity index (χ2n) is 5.78. The number of aromatic nitrogens is 1. The minimum absolute atomic E-state index is 1.08. The Bertz CT molecular complexity index is 1180. The summed E-state index contributed by atoms with van der Waals surface area (Å²) in [6.45, 7) is 2.12. The van der Waals surface area contributed by atoms with Crippen LogP contribution in [-0.4, -0.2) is 4.98 Å². The molecule has 5 aromatic rings. The molecule has 0 aliphatic rings. The first-order valence-electron chi connectivity index (χ1n) is 7.40. The van der Waals surface area contributed by atoms with Crippen LogP contribution >= 0.6 is 11.3 Å². The first-order chi connectivity index (χ1) is 10.8. The zero-order chi connectivity index (χ0) is 14.7. The minimum Gasteiger partial charge on any atom is -0.255 e. The van der Waals surface area contributed by atoms with Crippen molar-refractivity contribution in [3.05, 3.63) is 66.4 Å². The van der Waals surface area contributed by atoms with Gasteiger partial charge in [-0.05, 0) is 35.4 Å². The third-order valence-corrected chi connectivity index (χ3v) is 5.44. The number of hydrogen-bond acceptors (Lipinski definition) is 2. The highest BCUT2D eigenvalue weighted by atomic mass is 32.1. The van der Waals surface area contributed by atoms with Crippen LogP contribution in [0.1, 0.15) is 5.56 Å². The van der Waals surface area contributed by atoms with Crippen LogP contribution in [0.5, 0.6) is 0 Å². The van der Waals surface area contributed by atoms with E-state index in [0.717, 1.165) is 5.52 Å². The van der Waals surface area contributed by atoms with E-state index in [9.17, 15) is 0 Å². The molecule has 0 amide bonds. The highest BCUT2D eigenvalue weighted by Crippen LogP contribution is 2.41. The Morgan fingerprint density at radius 3 is 2.64 bits per heavy atom. The van der Waals surface area contributed by atoms with Crippen molar-refractivity contribution in [3.8, 4) is 0 Å². The van der Waals surface area contributed by atoms with Crippen molar-refractivity contribution >= 4 is 53.2 Å². The number of hydrogen-bond donors (Lipinski definition) is 0. The molecule has 0 aliphatic carbocycles. The van der Waals surface area contributed by atoms with Gasteiger partial charge >= 0.3 is 0 Å². The average Bonchev–Trinajstić information content (AvgIpc) is 2.94. The maximum Gasteiger partial charge on any atom is 0.0711 e. The fourth-order valence-electron chi connectivity index (χ4n) is 3.33. The van der Waals surface area contributed by atoms with Gasteiger partial charge in [0.2, 0.25) is 0 Å². The lowest BCUT2D eigenvalue weighted by atomic mass is 10.0. The van der Waals surface area contributed by atoms with E-state index in [4.69, 9.17) is 0 Å². The van der Waals surface area contributed by atoms with E-state index in [2.05, 4.69) is 66.5 Å². The summed E-state index contributed by atoms with van der Waals surface area (Å²) >= 11 is 1.83. The van der Waals surface area contributed by atoms with Gasteiger partial charge < -0.3 is 0 Å². The molecular weight excluding hydrogens is 286 g/mol. The fourth-order valence-corrected chi connectivity index (χ4v) is 4.44. The number of benzene rings is 3. The summed E-state index contributed by atoms with van der Waals surface area (Å²) in [5.41, 5.74) is 2.34. The standard InChI is InChI=1S/C20H13NS/c1-12-6-8-15-16(10-12)21-11-18-20(15)19-14-5-3-2-4-13(14)7-9-17(19)22-18/h2-11H,1H3. The molecule has 22 heavy (non-hydrogen) atoms. The summed E-state index contributed by atoms with van der Waals surface area (Å²) in [5.74, 6) is 0. The Morgan fingerprint density at radius 2 is 1.68 bits per heavy atom. The van der Waals surface area contributed by atoms with Gasteiger partial charge in [0.1, 0.15) is 0 Å². The maximum atomic E-state index is 4.66. The lowest BCUT2D eigenvalue weighted by molar-refractivity contribution is 1.42. The van der Waals surface area contributed by atoms with Crippen molar-refractivity contribution in [3.63, 3.8) is 0 Å². The molecule has 1 nitrogen and oxygen atoms in total. The predicted octanol–water partition coefficient (Wildman–Crippen LogP) is 6.06.